The molecule has 4 rings (SSSR count). The van der Waals surface area contributed by atoms with Gasteiger partial charge in [0.15, 0.2) is 5.16 Å². The summed E-state index contributed by atoms with van der Waals surface area (Å²) in [5.41, 5.74) is 2.43. The van der Waals surface area contributed by atoms with Crippen molar-refractivity contribution in [2.75, 3.05) is 11.5 Å². The molecule has 0 saturated carbocycles. The fourth-order valence-corrected chi connectivity index (χ4v) is 7.53. The van der Waals surface area contributed by atoms with Crippen LogP contribution in [0.25, 0.3) is 0 Å². The van der Waals surface area contributed by atoms with E-state index in [0.717, 1.165) is 23.4 Å². The predicted molar refractivity (Wildman–Crippen MR) is 132 cm³/mol. The van der Waals surface area contributed by atoms with Gasteiger partial charge in [0.1, 0.15) is 23.4 Å². The summed E-state index contributed by atoms with van der Waals surface area (Å²) >= 11 is 1.30. The zero-order chi connectivity index (χ0) is 25.3. The van der Waals surface area contributed by atoms with Crippen LogP contribution in [0.2, 0.25) is 0 Å². The number of aryl methyl sites for hydroxylation is 1. The summed E-state index contributed by atoms with van der Waals surface area (Å²) in [5.74, 6) is -1.64. The average molecular weight is 520 g/mol. The number of fused-ring (bicyclic) bond motifs is 1. The van der Waals surface area contributed by atoms with Crippen LogP contribution in [-0.2, 0) is 31.7 Å². The Balaban J connectivity index is 1.45. The molecule has 3 heterocycles. The second-order valence-corrected chi connectivity index (χ2v) is 11.5. The molecule has 3 unspecified atom stereocenters. The summed E-state index contributed by atoms with van der Waals surface area (Å²) in [6, 6.07) is -0.988. The number of allylic oxidation sites excluding steroid dienone is 3. The SMILES string of the molecule is CCCn1cnnc1SCC1=C(C(=O)O)N2C(=O)C(NC(=O)CC3=CC(C)C=C(C)C3)[C@@H]2S(=O)C1. The number of aliphatic carboxylic acids is 1. The number of hydrogen-bond acceptors (Lipinski definition) is 7. The van der Waals surface area contributed by atoms with Crippen molar-refractivity contribution in [2.24, 2.45) is 5.92 Å². The van der Waals surface area contributed by atoms with E-state index >= 15 is 0 Å². The highest BCUT2D eigenvalue weighted by molar-refractivity contribution is 7.99. The number of carbonyl (C=O) groups excluding carboxylic acids is 2. The van der Waals surface area contributed by atoms with Gasteiger partial charge >= 0.3 is 5.97 Å². The first-order valence-electron chi connectivity index (χ1n) is 11.5. The van der Waals surface area contributed by atoms with Gasteiger partial charge in [0.25, 0.3) is 5.91 Å². The highest BCUT2D eigenvalue weighted by Gasteiger charge is 2.57. The van der Waals surface area contributed by atoms with E-state index < -0.39 is 34.1 Å². The number of carboxylic acids is 1. The van der Waals surface area contributed by atoms with E-state index in [2.05, 4.69) is 21.6 Å². The van der Waals surface area contributed by atoms with Crippen LogP contribution < -0.4 is 5.32 Å². The van der Waals surface area contributed by atoms with Crippen LogP contribution in [0.3, 0.4) is 0 Å². The lowest BCUT2D eigenvalue weighted by atomic mass is 9.91. The molecule has 3 aliphatic rings. The van der Waals surface area contributed by atoms with E-state index in [0.29, 0.717) is 17.2 Å². The van der Waals surface area contributed by atoms with Gasteiger partial charge in [-0.1, -0.05) is 48.9 Å². The molecule has 10 nitrogen and oxygen atoms in total. The van der Waals surface area contributed by atoms with Gasteiger partial charge in [0, 0.05) is 18.7 Å². The molecule has 1 aromatic rings. The Kier molecular flexibility index (Phi) is 7.60. The van der Waals surface area contributed by atoms with Gasteiger partial charge in [-0.3, -0.25) is 18.7 Å². The number of β-lactam (4-membered cyclic amide) rings is 1. The third kappa shape index (κ3) is 5.27. The molecule has 4 atom stereocenters. The maximum Gasteiger partial charge on any atom is 0.352 e. The van der Waals surface area contributed by atoms with Crippen LogP contribution in [0.4, 0.5) is 0 Å². The summed E-state index contributed by atoms with van der Waals surface area (Å²) in [5, 5.41) is 20.3. The number of carbonyl (C=O) groups is 3. The first-order chi connectivity index (χ1) is 16.7. The van der Waals surface area contributed by atoms with Gasteiger partial charge < -0.3 is 15.0 Å². The van der Waals surface area contributed by atoms with Crippen LogP contribution in [0.5, 0.6) is 0 Å². The predicted octanol–water partition coefficient (Wildman–Crippen LogP) is 1.84. The van der Waals surface area contributed by atoms with Crippen LogP contribution in [0.15, 0.2) is 46.1 Å². The summed E-state index contributed by atoms with van der Waals surface area (Å²) in [6.45, 7) is 6.82. The maximum absolute atomic E-state index is 13.1. The van der Waals surface area contributed by atoms with E-state index in [1.165, 1.54) is 17.3 Å². The molecule has 2 amide bonds. The highest BCUT2D eigenvalue weighted by Crippen LogP contribution is 2.37. The minimum Gasteiger partial charge on any atom is -0.477 e. The number of amides is 2. The Labute approximate surface area is 210 Å². The standard InChI is InChI=1S/C23H29N5O5S2/c1-4-5-27-12-24-26-23(27)34-10-16-11-35(33)21-18(20(30)28(21)19(16)22(31)32)25-17(29)9-15-7-13(2)6-14(3)8-15/h6-7,12-13,18,21H,4-5,8-11H2,1-3H3,(H,25,29)(H,31,32)/t13?,18?,21-,35?/m0/s1. The van der Waals surface area contributed by atoms with E-state index in [-0.39, 0.29) is 35.4 Å². The Morgan fingerprint density at radius 3 is 2.80 bits per heavy atom. The number of carboxylic acid groups (broad SMARTS) is 1. The molecule has 188 valence electrons. The van der Waals surface area contributed by atoms with E-state index in [4.69, 9.17) is 0 Å². The molecule has 35 heavy (non-hydrogen) atoms. The second kappa shape index (κ2) is 10.5. The van der Waals surface area contributed by atoms with Crippen LogP contribution >= 0.6 is 11.8 Å². The van der Waals surface area contributed by atoms with E-state index in [1.807, 2.05) is 31.4 Å². The monoisotopic (exact) mass is 519 g/mol. The summed E-state index contributed by atoms with van der Waals surface area (Å²) in [7, 11) is -1.55. The molecule has 0 spiro atoms. The van der Waals surface area contributed by atoms with Crippen molar-refractivity contribution in [3.05, 3.63) is 40.9 Å². The molecule has 1 aromatic heterocycles. The van der Waals surface area contributed by atoms with Crippen LogP contribution in [-0.4, -0.2) is 69.7 Å². The number of thioether (sulfide) groups is 1. The highest BCUT2D eigenvalue weighted by atomic mass is 32.2. The first-order valence-corrected chi connectivity index (χ1v) is 13.9. The number of hydrogen-bond donors (Lipinski definition) is 2. The molecule has 1 aliphatic carbocycles. The lowest BCUT2D eigenvalue weighted by Crippen LogP contribution is -2.73. The van der Waals surface area contributed by atoms with Gasteiger partial charge in [-0.05, 0) is 31.3 Å². The topological polar surface area (TPSA) is 134 Å². The minimum atomic E-state index is -1.55. The van der Waals surface area contributed by atoms with Crippen molar-refractivity contribution in [2.45, 2.75) is 63.2 Å². The smallest absolute Gasteiger partial charge is 0.352 e. The molecule has 2 aliphatic heterocycles. The number of nitrogens with one attached hydrogen (secondary N) is 1. The third-order valence-corrected chi connectivity index (χ3v) is 8.81. The third-order valence-electron chi connectivity index (χ3n) is 6.08. The second-order valence-electron chi connectivity index (χ2n) is 9.07. The van der Waals surface area contributed by atoms with Crippen LogP contribution in [0.1, 0.15) is 40.0 Å². The molecule has 1 fully saturated rings. The maximum atomic E-state index is 13.1. The molecular weight excluding hydrogens is 490 g/mol. The summed E-state index contributed by atoms with van der Waals surface area (Å²) < 4.78 is 14.9. The molecule has 12 heteroatoms. The Bertz CT molecular complexity index is 1170. The normalized spacial score (nSPS) is 26.0. The Morgan fingerprint density at radius 2 is 2.11 bits per heavy atom. The van der Waals surface area contributed by atoms with Gasteiger partial charge in [0.2, 0.25) is 5.91 Å². The van der Waals surface area contributed by atoms with E-state index in [9.17, 15) is 23.7 Å². The zero-order valence-electron chi connectivity index (χ0n) is 19.9. The molecular formula is C23H29N5O5S2. The van der Waals surface area contributed by atoms with Crippen LogP contribution in [0, 0.1) is 5.92 Å². The lowest BCUT2D eigenvalue weighted by Gasteiger charge is -2.49. The molecule has 2 N–H and O–H groups in total. The van der Waals surface area contributed by atoms with Crippen molar-refractivity contribution in [3.63, 3.8) is 0 Å². The van der Waals surface area contributed by atoms with Crippen molar-refractivity contribution in [1.82, 2.24) is 25.0 Å². The Hall–Kier alpha value is -2.73. The van der Waals surface area contributed by atoms with Crippen molar-refractivity contribution in [3.8, 4) is 0 Å². The molecule has 0 radical (unpaired) electrons. The first kappa shape index (κ1) is 25.4. The number of nitrogens with zero attached hydrogens (tertiary/aromatic N) is 4. The van der Waals surface area contributed by atoms with Gasteiger partial charge in [-0.15, -0.1) is 10.2 Å². The number of rotatable bonds is 9. The zero-order valence-corrected chi connectivity index (χ0v) is 21.5. The van der Waals surface area contributed by atoms with E-state index in [1.54, 1.807) is 6.33 Å². The minimum absolute atomic E-state index is 0.0179. The number of aromatic nitrogens is 3. The van der Waals surface area contributed by atoms with Crippen molar-refractivity contribution in [1.29, 1.82) is 0 Å². The lowest BCUT2D eigenvalue weighted by molar-refractivity contribution is -0.150. The van der Waals surface area contributed by atoms with Crippen molar-refractivity contribution >= 4 is 40.3 Å². The molecule has 0 aromatic carbocycles. The summed E-state index contributed by atoms with van der Waals surface area (Å²) in [4.78, 5) is 38.8. The fourth-order valence-electron chi connectivity index (χ4n) is 4.76. The largest absolute Gasteiger partial charge is 0.477 e. The molecule has 0 bridgehead atoms. The quantitative estimate of drug-likeness (QED) is 0.287. The van der Waals surface area contributed by atoms with Gasteiger partial charge in [-0.2, -0.15) is 0 Å². The molecule has 1 saturated heterocycles. The van der Waals surface area contributed by atoms with Crippen molar-refractivity contribution < 1.29 is 23.7 Å². The average Bonchev–Trinajstić information content (AvgIpc) is 3.22. The Morgan fingerprint density at radius 1 is 1.34 bits per heavy atom. The fraction of sp³-hybridized carbons (Fsp3) is 0.522. The summed E-state index contributed by atoms with van der Waals surface area (Å²) in [6.07, 6.45) is 7.54. The van der Waals surface area contributed by atoms with Gasteiger partial charge in [0.05, 0.1) is 16.6 Å². The van der Waals surface area contributed by atoms with Gasteiger partial charge in [-0.25, -0.2) is 4.79 Å².